The summed E-state index contributed by atoms with van der Waals surface area (Å²) in [6, 6.07) is 4.75. The van der Waals surface area contributed by atoms with E-state index in [-0.39, 0.29) is 6.04 Å². The van der Waals surface area contributed by atoms with Crippen molar-refractivity contribution in [3.05, 3.63) is 30.1 Å². The Labute approximate surface area is 84.9 Å². The molecule has 1 aliphatic heterocycles. The van der Waals surface area contributed by atoms with E-state index in [4.69, 9.17) is 5.73 Å². The van der Waals surface area contributed by atoms with Crippen LogP contribution in [0.2, 0.25) is 0 Å². The topological polar surface area (TPSA) is 42.1 Å². The molecule has 1 fully saturated rings. The third kappa shape index (κ3) is 1.79. The van der Waals surface area contributed by atoms with Crippen molar-refractivity contribution in [3.63, 3.8) is 0 Å². The molecule has 3 nitrogen and oxygen atoms in total. The second kappa shape index (κ2) is 4.07. The number of hydrogen-bond acceptors (Lipinski definition) is 3. The fourth-order valence-electron chi connectivity index (χ4n) is 2.26. The lowest BCUT2D eigenvalue weighted by atomic mass is 9.92. The summed E-state index contributed by atoms with van der Waals surface area (Å²) in [5.41, 5.74) is 7.43. The van der Waals surface area contributed by atoms with Gasteiger partial charge in [0.2, 0.25) is 0 Å². The monoisotopic (exact) mass is 191 g/mol. The molecule has 1 aromatic heterocycles. The quantitative estimate of drug-likeness (QED) is 0.724. The van der Waals surface area contributed by atoms with E-state index >= 15 is 0 Å². The third-order valence-electron chi connectivity index (χ3n) is 2.98. The normalized spacial score (nSPS) is 29.0. The number of hydrogen-bond donors (Lipinski definition) is 1. The number of rotatable bonds is 1. The number of pyridine rings is 1. The fourth-order valence-corrected chi connectivity index (χ4v) is 2.26. The third-order valence-corrected chi connectivity index (χ3v) is 2.98. The van der Waals surface area contributed by atoms with Gasteiger partial charge in [-0.3, -0.25) is 9.88 Å². The second-order valence-electron chi connectivity index (χ2n) is 4.01. The maximum absolute atomic E-state index is 6.14. The number of aromatic nitrogens is 1. The molecule has 3 heteroatoms. The zero-order chi connectivity index (χ0) is 9.97. The minimum absolute atomic E-state index is 0.260. The molecular formula is C11H17N3. The van der Waals surface area contributed by atoms with Crippen molar-refractivity contribution in [2.45, 2.75) is 24.9 Å². The molecule has 1 aromatic rings. The van der Waals surface area contributed by atoms with Crippen LogP contribution in [0.3, 0.4) is 0 Å². The van der Waals surface area contributed by atoms with Crippen LogP contribution in [0.4, 0.5) is 0 Å². The maximum atomic E-state index is 6.14. The summed E-state index contributed by atoms with van der Waals surface area (Å²) in [5.74, 6) is 0. The number of likely N-dealkylation sites (tertiary alicyclic amines) is 1. The standard InChI is InChI=1S/C11H17N3/c1-14-8-2-3-10(12)11(14)9-4-6-13-7-5-9/h4-7,10-11H,2-3,8,12H2,1H3. The molecule has 2 rings (SSSR count). The van der Waals surface area contributed by atoms with E-state index in [1.807, 2.05) is 12.4 Å². The van der Waals surface area contributed by atoms with Crippen LogP contribution < -0.4 is 5.73 Å². The first kappa shape index (κ1) is 9.62. The molecule has 0 aromatic carbocycles. The van der Waals surface area contributed by atoms with Crippen molar-refractivity contribution in [1.82, 2.24) is 9.88 Å². The molecule has 2 N–H and O–H groups in total. The van der Waals surface area contributed by atoms with Crippen LogP contribution in [0.5, 0.6) is 0 Å². The SMILES string of the molecule is CN1CCCC(N)C1c1ccncc1. The lowest BCUT2D eigenvalue weighted by molar-refractivity contribution is 0.163. The predicted octanol–water partition coefficient (Wildman–Crippen LogP) is 1.18. The number of nitrogens with zero attached hydrogens (tertiary/aromatic N) is 2. The highest BCUT2D eigenvalue weighted by atomic mass is 15.2. The van der Waals surface area contributed by atoms with Gasteiger partial charge in [0.25, 0.3) is 0 Å². The summed E-state index contributed by atoms with van der Waals surface area (Å²) in [6.45, 7) is 1.14. The number of nitrogens with two attached hydrogens (primary N) is 1. The maximum Gasteiger partial charge on any atom is 0.0497 e. The van der Waals surface area contributed by atoms with Gasteiger partial charge >= 0.3 is 0 Å². The van der Waals surface area contributed by atoms with Gasteiger partial charge in [-0.1, -0.05) is 0 Å². The molecule has 2 unspecified atom stereocenters. The van der Waals surface area contributed by atoms with E-state index in [0.717, 1.165) is 13.0 Å². The molecule has 0 spiro atoms. The molecule has 0 saturated carbocycles. The van der Waals surface area contributed by atoms with Gasteiger partial charge in [0, 0.05) is 24.5 Å². The van der Waals surface area contributed by atoms with Crippen LogP contribution in [-0.2, 0) is 0 Å². The summed E-state index contributed by atoms with van der Waals surface area (Å²) >= 11 is 0. The van der Waals surface area contributed by atoms with E-state index in [2.05, 4.69) is 29.1 Å². The summed E-state index contributed by atoms with van der Waals surface area (Å²) < 4.78 is 0. The van der Waals surface area contributed by atoms with Gasteiger partial charge in [-0.2, -0.15) is 0 Å². The number of likely N-dealkylation sites (N-methyl/N-ethyl adjacent to an activating group) is 1. The van der Waals surface area contributed by atoms with Gasteiger partial charge in [0.15, 0.2) is 0 Å². The van der Waals surface area contributed by atoms with Gasteiger partial charge in [-0.25, -0.2) is 0 Å². The Morgan fingerprint density at radius 2 is 2.14 bits per heavy atom. The Bertz CT molecular complexity index is 276. The highest BCUT2D eigenvalue weighted by molar-refractivity contribution is 5.18. The Balaban J connectivity index is 2.23. The van der Waals surface area contributed by atoms with Crippen LogP contribution in [0.15, 0.2) is 24.5 Å². The van der Waals surface area contributed by atoms with E-state index in [9.17, 15) is 0 Å². The zero-order valence-electron chi connectivity index (χ0n) is 8.56. The van der Waals surface area contributed by atoms with Crippen LogP contribution in [0.25, 0.3) is 0 Å². The Morgan fingerprint density at radius 1 is 1.43 bits per heavy atom. The largest absolute Gasteiger partial charge is 0.326 e. The highest BCUT2D eigenvalue weighted by Gasteiger charge is 2.27. The molecule has 0 amide bonds. The highest BCUT2D eigenvalue weighted by Crippen LogP contribution is 2.27. The van der Waals surface area contributed by atoms with Gasteiger partial charge in [-0.05, 0) is 44.1 Å². The first-order valence-electron chi connectivity index (χ1n) is 5.15. The summed E-state index contributed by atoms with van der Waals surface area (Å²) in [7, 11) is 2.14. The van der Waals surface area contributed by atoms with E-state index in [1.165, 1.54) is 12.0 Å². The van der Waals surface area contributed by atoms with Gasteiger partial charge in [-0.15, -0.1) is 0 Å². The van der Waals surface area contributed by atoms with Crippen LogP contribution >= 0.6 is 0 Å². The minimum Gasteiger partial charge on any atom is -0.326 e. The van der Waals surface area contributed by atoms with Crippen molar-refractivity contribution in [2.75, 3.05) is 13.6 Å². The minimum atomic E-state index is 0.260. The Morgan fingerprint density at radius 3 is 2.79 bits per heavy atom. The molecule has 76 valence electrons. The Kier molecular flexibility index (Phi) is 2.79. The van der Waals surface area contributed by atoms with Gasteiger partial charge < -0.3 is 5.73 Å². The fraction of sp³-hybridized carbons (Fsp3) is 0.545. The summed E-state index contributed by atoms with van der Waals surface area (Å²) in [4.78, 5) is 6.37. The van der Waals surface area contributed by atoms with Crippen molar-refractivity contribution < 1.29 is 0 Å². The van der Waals surface area contributed by atoms with E-state index in [1.54, 1.807) is 0 Å². The van der Waals surface area contributed by atoms with Crippen LogP contribution in [-0.4, -0.2) is 29.5 Å². The molecule has 1 saturated heterocycles. The summed E-state index contributed by atoms with van der Waals surface area (Å²) in [5, 5.41) is 0. The smallest absolute Gasteiger partial charge is 0.0497 e. The molecular weight excluding hydrogens is 174 g/mol. The molecule has 0 radical (unpaired) electrons. The number of piperidine rings is 1. The second-order valence-corrected chi connectivity index (χ2v) is 4.01. The first-order chi connectivity index (χ1) is 6.79. The molecule has 2 atom stereocenters. The van der Waals surface area contributed by atoms with Crippen molar-refractivity contribution in [3.8, 4) is 0 Å². The van der Waals surface area contributed by atoms with E-state index in [0.29, 0.717) is 6.04 Å². The Hall–Kier alpha value is -0.930. The van der Waals surface area contributed by atoms with E-state index < -0.39 is 0 Å². The predicted molar refractivity (Wildman–Crippen MR) is 56.8 cm³/mol. The summed E-state index contributed by atoms with van der Waals surface area (Å²) in [6.07, 6.45) is 6.01. The average molecular weight is 191 g/mol. The molecule has 0 bridgehead atoms. The first-order valence-corrected chi connectivity index (χ1v) is 5.15. The van der Waals surface area contributed by atoms with Gasteiger partial charge in [0.05, 0.1) is 0 Å². The zero-order valence-corrected chi connectivity index (χ0v) is 8.56. The van der Waals surface area contributed by atoms with Crippen molar-refractivity contribution in [1.29, 1.82) is 0 Å². The molecule has 0 aliphatic carbocycles. The van der Waals surface area contributed by atoms with Crippen LogP contribution in [0, 0.1) is 0 Å². The van der Waals surface area contributed by atoms with Crippen molar-refractivity contribution >= 4 is 0 Å². The van der Waals surface area contributed by atoms with Gasteiger partial charge in [0.1, 0.15) is 0 Å². The molecule has 14 heavy (non-hydrogen) atoms. The molecule has 1 aliphatic rings. The average Bonchev–Trinajstić information content (AvgIpc) is 2.19. The lowest BCUT2D eigenvalue weighted by Gasteiger charge is -2.37. The lowest BCUT2D eigenvalue weighted by Crippen LogP contribution is -2.43. The van der Waals surface area contributed by atoms with Crippen molar-refractivity contribution in [2.24, 2.45) is 5.73 Å². The van der Waals surface area contributed by atoms with Crippen LogP contribution in [0.1, 0.15) is 24.4 Å². The molecule has 2 heterocycles.